The molecule has 0 aliphatic rings. The number of hydrogen-bond acceptors (Lipinski definition) is 4. The maximum Gasteiger partial charge on any atom is 0.175 e. The zero-order valence-electron chi connectivity index (χ0n) is 12.0. The summed E-state index contributed by atoms with van der Waals surface area (Å²) in [6, 6.07) is 15.6. The summed E-state index contributed by atoms with van der Waals surface area (Å²) in [7, 11) is 0. The number of halogens is 1. The van der Waals surface area contributed by atoms with Gasteiger partial charge in [-0.2, -0.15) is 0 Å². The van der Waals surface area contributed by atoms with Gasteiger partial charge in [0.1, 0.15) is 11.3 Å². The van der Waals surface area contributed by atoms with E-state index >= 15 is 0 Å². The minimum absolute atomic E-state index is 0.382. The highest BCUT2D eigenvalue weighted by Crippen LogP contribution is 2.29. The van der Waals surface area contributed by atoms with E-state index in [0.29, 0.717) is 28.4 Å². The topological polar surface area (TPSA) is 69.6 Å². The van der Waals surface area contributed by atoms with Crippen LogP contribution in [0.1, 0.15) is 0 Å². The summed E-state index contributed by atoms with van der Waals surface area (Å²) >= 11 is 6.37. The zero-order valence-corrected chi connectivity index (χ0v) is 12.8. The highest BCUT2D eigenvalue weighted by Gasteiger charge is 2.15. The minimum Gasteiger partial charge on any atom is -0.383 e. The van der Waals surface area contributed by atoms with Gasteiger partial charge < -0.3 is 5.73 Å². The normalized spacial score (nSPS) is 11.0. The lowest BCUT2D eigenvalue weighted by Gasteiger charge is -2.02. The van der Waals surface area contributed by atoms with Crippen molar-refractivity contribution in [1.29, 1.82) is 0 Å². The van der Waals surface area contributed by atoms with E-state index in [0.717, 1.165) is 11.1 Å². The molecule has 4 aromatic rings. The van der Waals surface area contributed by atoms with Crippen molar-refractivity contribution in [2.45, 2.75) is 0 Å². The van der Waals surface area contributed by atoms with Crippen molar-refractivity contribution in [3.63, 3.8) is 0 Å². The van der Waals surface area contributed by atoms with E-state index in [1.807, 2.05) is 42.5 Å². The molecule has 2 N–H and O–H groups in total. The predicted octanol–water partition coefficient (Wildman–Crippen LogP) is 3.74. The molecule has 0 amide bonds. The fourth-order valence-corrected chi connectivity index (χ4v) is 2.76. The Kier molecular flexibility index (Phi) is 3.20. The van der Waals surface area contributed by atoms with Crippen LogP contribution in [0.2, 0.25) is 0 Å². The Labute approximate surface area is 137 Å². The molecule has 6 heteroatoms. The number of aromatic nitrogens is 4. The maximum atomic E-state index is 6.37. The summed E-state index contributed by atoms with van der Waals surface area (Å²) in [5.41, 5.74) is 9.96. The van der Waals surface area contributed by atoms with Crippen LogP contribution in [0.4, 0.5) is 5.82 Å². The highest BCUT2D eigenvalue weighted by atomic mass is 35.5. The van der Waals surface area contributed by atoms with Gasteiger partial charge >= 0.3 is 0 Å². The van der Waals surface area contributed by atoms with Crippen molar-refractivity contribution < 1.29 is 0 Å². The van der Waals surface area contributed by atoms with E-state index in [1.54, 1.807) is 18.5 Å². The minimum atomic E-state index is 0.382. The van der Waals surface area contributed by atoms with Gasteiger partial charge in [-0.15, -0.1) is 0 Å². The summed E-state index contributed by atoms with van der Waals surface area (Å²) < 4.78 is 1.41. The molecule has 4 rings (SSSR count). The van der Waals surface area contributed by atoms with Gasteiger partial charge in [0, 0.05) is 29.7 Å². The zero-order chi connectivity index (χ0) is 15.8. The molecule has 0 saturated heterocycles. The molecule has 3 heterocycles. The molecule has 0 bridgehead atoms. The van der Waals surface area contributed by atoms with Gasteiger partial charge in [-0.1, -0.05) is 30.3 Å². The molecule has 0 radical (unpaired) electrons. The van der Waals surface area contributed by atoms with Crippen LogP contribution >= 0.6 is 11.8 Å². The molecule has 5 nitrogen and oxygen atoms in total. The van der Waals surface area contributed by atoms with E-state index in [4.69, 9.17) is 17.5 Å². The van der Waals surface area contributed by atoms with Crippen molar-refractivity contribution in [3.8, 4) is 22.5 Å². The van der Waals surface area contributed by atoms with Gasteiger partial charge in [0.25, 0.3) is 0 Å². The van der Waals surface area contributed by atoms with Crippen LogP contribution in [-0.4, -0.2) is 19.0 Å². The van der Waals surface area contributed by atoms with Gasteiger partial charge in [0.15, 0.2) is 11.5 Å². The standard InChI is InChI=1S/C17H12ClN5/c18-23-16(13-7-4-8-20-15(13)19)22-14-9-12(10-21-17(14)23)11-5-2-1-3-6-11/h1-10H,(H2,19,20). The Morgan fingerprint density at radius 2 is 1.78 bits per heavy atom. The fraction of sp³-hybridized carbons (Fsp3) is 0. The number of fused-ring (bicyclic) bond motifs is 1. The highest BCUT2D eigenvalue weighted by molar-refractivity contribution is 6.20. The first-order chi connectivity index (χ1) is 11.2. The average molecular weight is 322 g/mol. The molecule has 3 aromatic heterocycles. The smallest absolute Gasteiger partial charge is 0.175 e. The molecular formula is C17H12ClN5. The van der Waals surface area contributed by atoms with Gasteiger partial charge in [0.2, 0.25) is 0 Å². The van der Waals surface area contributed by atoms with Gasteiger partial charge in [-0.3, -0.25) is 0 Å². The number of hydrogen-bond donors (Lipinski definition) is 1. The molecule has 112 valence electrons. The lowest BCUT2D eigenvalue weighted by atomic mass is 10.1. The predicted molar refractivity (Wildman–Crippen MR) is 91.9 cm³/mol. The van der Waals surface area contributed by atoms with Crippen molar-refractivity contribution in [1.82, 2.24) is 19.0 Å². The number of rotatable bonds is 2. The summed E-state index contributed by atoms with van der Waals surface area (Å²) in [6.45, 7) is 0. The molecule has 0 fully saturated rings. The number of imidazole rings is 1. The van der Waals surface area contributed by atoms with Crippen LogP contribution in [-0.2, 0) is 0 Å². The fourth-order valence-electron chi connectivity index (χ4n) is 2.50. The van der Waals surface area contributed by atoms with E-state index in [-0.39, 0.29) is 0 Å². The third kappa shape index (κ3) is 2.31. The number of benzene rings is 1. The second-order valence-corrected chi connectivity index (χ2v) is 5.42. The van der Waals surface area contributed by atoms with Gasteiger partial charge in [0.05, 0.1) is 5.56 Å². The molecule has 0 unspecified atom stereocenters. The lowest BCUT2D eigenvalue weighted by molar-refractivity contribution is 1.20. The van der Waals surface area contributed by atoms with Crippen LogP contribution < -0.4 is 5.73 Å². The summed E-state index contributed by atoms with van der Waals surface area (Å²) in [5, 5.41) is 0. The first-order valence-corrected chi connectivity index (χ1v) is 7.39. The van der Waals surface area contributed by atoms with Gasteiger partial charge in [-0.25, -0.2) is 19.0 Å². The first kappa shape index (κ1) is 13.7. The number of nitrogens with zero attached hydrogens (tertiary/aromatic N) is 4. The second-order valence-electron chi connectivity index (χ2n) is 5.09. The Morgan fingerprint density at radius 1 is 0.957 bits per heavy atom. The number of nitrogen functional groups attached to an aromatic ring is 1. The molecule has 0 saturated carbocycles. The largest absolute Gasteiger partial charge is 0.383 e. The van der Waals surface area contributed by atoms with E-state index in [2.05, 4.69) is 15.0 Å². The van der Waals surface area contributed by atoms with Crippen molar-refractivity contribution in [2.24, 2.45) is 0 Å². The SMILES string of the molecule is Nc1ncccc1-c1nc2cc(-c3ccccc3)cnc2n1Cl. The molecule has 0 aliphatic heterocycles. The molecule has 0 spiro atoms. The first-order valence-electron chi connectivity index (χ1n) is 7.05. The van der Waals surface area contributed by atoms with E-state index < -0.39 is 0 Å². The average Bonchev–Trinajstić information content (AvgIpc) is 2.92. The van der Waals surface area contributed by atoms with Crippen LogP contribution in [0.15, 0.2) is 60.9 Å². The quantitative estimate of drug-likeness (QED) is 0.610. The van der Waals surface area contributed by atoms with E-state index in [1.165, 1.54) is 4.09 Å². The van der Waals surface area contributed by atoms with Crippen molar-refractivity contribution >= 4 is 28.8 Å². The summed E-state index contributed by atoms with van der Waals surface area (Å²) in [5.74, 6) is 0.915. The van der Waals surface area contributed by atoms with Gasteiger partial charge in [-0.05, 0) is 23.8 Å². The Morgan fingerprint density at radius 3 is 2.57 bits per heavy atom. The summed E-state index contributed by atoms with van der Waals surface area (Å²) in [6.07, 6.45) is 3.42. The molecule has 1 aromatic carbocycles. The van der Waals surface area contributed by atoms with Crippen LogP contribution in [0.3, 0.4) is 0 Å². The van der Waals surface area contributed by atoms with Crippen molar-refractivity contribution in [2.75, 3.05) is 5.73 Å². The molecule has 23 heavy (non-hydrogen) atoms. The van der Waals surface area contributed by atoms with Crippen LogP contribution in [0, 0.1) is 0 Å². The summed E-state index contributed by atoms with van der Waals surface area (Å²) in [4.78, 5) is 13.1. The Hall–Kier alpha value is -2.92. The third-order valence-corrected chi connectivity index (χ3v) is 3.95. The van der Waals surface area contributed by atoms with Crippen molar-refractivity contribution in [3.05, 3.63) is 60.9 Å². The van der Waals surface area contributed by atoms with E-state index in [9.17, 15) is 0 Å². The Bertz CT molecular complexity index is 994. The number of nitrogens with two attached hydrogens (primary N) is 1. The molecule has 0 atom stereocenters. The molecular weight excluding hydrogens is 310 g/mol. The molecule has 0 aliphatic carbocycles. The number of anilines is 1. The Balaban J connectivity index is 1.90. The second kappa shape index (κ2) is 5.37. The van der Waals surface area contributed by atoms with Crippen LogP contribution in [0.25, 0.3) is 33.7 Å². The lowest BCUT2D eigenvalue weighted by Crippen LogP contribution is -1.96. The third-order valence-electron chi connectivity index (χ3n) is 3.63. The van der Waals surface area contributed by atoms with Crippen LogP contribution in [0.5, 0.6) is 0 Å². The monoisotopic (exact) mass is 321 g/mol. The maximum absolute atomic E-state index is 6.37. The number of pyridine rings is 2.